The Hall–Kier alpha value is -3.72. The summed E-state index contributed by atoms with van der Waals surface area (Å²) in [6.45, 7) is 6.51. The van der Waals surface area contributed by atoms with Crippen LogP contribution < -0.4 is 9.64 Å². The number of anilines is 1. The van der Waals surface area contributed by atoms with Crippen LogP contribution in [0.1, 0.15) is 23.0 Å². The number of aromatic nitrogens is 3. The van der Waals surface area contributed by atoms with E-state index in [-0.39, 0.29) is 11.4 Å². The first-order valence-corrected chi connectivity index (χ1v) is 10.5. The van der Waals surface area contributed by atoms with Gasteiger partial charge in [0.2, 0.25) is 0 Å². The monoisotopic (exact) mass is 435 g/mol. The summed E-state index contributed by atoms with van der Waals surface area (Å²) in [5.74, 6) is 0.521. The standard InChI is InChI=1S/C23H25N5O4/c1-2-32-20-10-16(9-17(12-20)18-11-19(29)14-24-13-18)15-27-5-7-28(8-6-27)22-4-3-21(23(30)31)25-26-22/h3-4,9-14,29H,2,5-8,15H2,1H3,(H,30,31). The largest absolute Gasteiger partial charge is 0.506 e. The Bertz CT molecular complexity index is 1080. The van der Waals surface area contributed by atoms with E-state index in [1.165, 1.54) is 12.3 Å². The fraction of sp³-hybridized carbons (Fsp3) is 0.304. The predicted molar refractivity (Wildman–Crippen MR) is 119 cm³/mol. The van der Waals surface area contributed by atoms with Gasteiger partial charge in [0, 0.05) is 44.5 Å². The molecule has 1 aliphatic rings. The highest BCUT2D eigenvalue weighted by atomic mass is 16.5. The Morgan fingerprint density at radius 2 is 1.84 bits per heavy atom. The van der Waals surface area contributed by atoms with Crippen LogP contribution >= 0.6 is 0 Å². The lowest BCUT2D eigenvalue weighted by Gasteiger charge is -2.35. The normalized spacial score (nSPS) is 14.3. The number of hydrogen-bond acceptors (Lipinski definition) is 8. The number of aromatic hydroxyl groups is 1. The van der Waals surface area contributed by atoms with Crippen molar-refractivity contribution < 1.29 is 19.7 Å². The third-order valence-corrected chi connectivity index (χ3v) is 5.31. The Kier molecular flexibility index (Phi) is 6.46. The molecule has 2 N–H and O–H groups in total. The van der Waals surface area contributed by atoms with Crippen LogP contribution in [0.3, 0.4) is 0 Å². The molecule has 9 heteroatoms. The Labute approximate surface area is 185 Å². The molecule has 0 saturated carbocycles. The molecular formula is C23H25N5O4. The van der Waals surface area contributed by atoms with E-state index in [0.717, 1.165) is 55.2 Å². The SMILES string of the molecule is CCOc1cc(CN2CCN(c3ccc(C(=O)O)nn3)CC2)cc(-c2cncc(O)c2)c1. The molecule has 0 aliphatic carbocycles. The predicted octanol–water partition coefficient (Wildman–Crippen LogP) is 2.66. The maximum Gasteiger partial charge on any atom is 0.356 e. The summed E-state index contributed by atoms with van der Waals surface area (Å²) in [4.78, 5) is 19.5. The lowest BCUT2D eigenvalue weighted by Crippen LogP contribution is -2.46. The molecule has 0 unspecified atom stereocenters. The first-order valence-electron chi connectivity index (χ1n) is 10.5. The second-order valence-corrected chi connectivity index (χ2v) is 7.58. The fourth-order valence-corrected chi connectivity index (χ4v) is 3.76. The first kappa shape index (κ1) is 21.5. The van der Waals surface area contributed by atoms with E-state index in [1.54, 1.807) is 18.3 Å². The van der Waals surface area contributed by atoms with E-state index < -0.39 is 5.97 Å². The van der Waals surface area contributed by atoms with Crippen LogP contribution in [-0.4, -0.2) is 69.0 Å². The van der Waals surface area contributed by atoms with Crippen LogP contribution in [0.4, 0.5) is 5.82 Å². The van der Waals surface area contributed by atoms with Crippen molar-refractivity contribution in [1.82, 2.24) is 20.1 Å². The minimum absolute atomic E-state index is 0.0562. The number of pyridine rings is 1. The number of rotatable bonds is 7. The van der Waals surface area contributed by atoms with E-state index in [2.05, 4.69) is 31.0 Å². The summed E-state index contributed by atoms with van der Waals surface area (Å²) < 4.78 is 5.76. The van der Waals surface area contributed by atoms with Gasteiger partial charge in [-0.3, -0.25) is 9.88 Å². The molecule has 1 aromatic carbocycles. The van der Waals surface area contributed by atoms with Crippen molar-refractivity contribution in [2.45, 2.75) is 13.5 Å². The topological polar surface area (TPSA) is 112 Å². The molecule has 3 aromatic rings. The third kappa shape index (κ3) is 5.12. The average molecular weight is 435 g/mol. The molecular weight excluding hydrogens is 410 g/mol. The highest BCUT2D eigenvalue weighted by Crippen LogP contribution is 2.28. The van der Waals surface area contributed by atoms with Gasteiger partial charge in [-0.15, -0.1) is 10.2 Å². The summed E-state index contributed by atoms with van der Waals surface area (Å²) in [5.41, 5.74) is 2.84. The summed E-state index contributed by atoms with van der Waals surface area (Å²) in [7, 11) is 0. The van der Waals surface area contributed by atoms with E-state index in [9.17, 15) is 9.90 Å². The zero-order valence-corrected chi connectivity index (χ0v) is 17.8. The van der Waals surface area contributed by atoms with Crippen molar-refractivity contribution in [3.8, 4) is 22.6 Å². The molecule has 9 nitrogen and oxygen atoms in total. The van der Waals surface area contributed by atoms with E-state index >= 15 is 0 Å². The molecule has 3 heterocycles. The van der Waals surface area contributed by atoms with Crippen molar-refractivity contribution in [3.05, 3.63) is 60.0 Å². The molecule has 0 bridgehead atoms. The van der Waals surface area contributed by atoms with Crippen LogP contribution in [0, 0.1) is 0 Å². The Balaban J connectivity index is 1.44. The number of benzene rings is 1. The van der Waals surface area contributed by atoms with Crippen LogP contribution in [0.2, 0.25) is 0 Å². The van der Waals surface area contributed by atoms with Crippen molar-refractivity contribution >= 4 is 11.8 Å². The van der Waals surface area contributed by atoms with Gasteiger partial charge in [-0.2, -0.15) is 0 Å². The number of carbonyl (C=O) groups is 1. The quantitative estimate of drug-likeness (QED) is 0.578. The summed E-state index contributed by atoms with van der Waals surface area (Å²) in [5, 5.41) is 26.6. The third-order valence-electron chi connectivity index (χ3n) is 5.31. The van der Waals surface area contributed by atoms with Crippen LogP contribution in [0.5, 0.6) is 11.5 Å². The molecule has 0 amide bonds. The summed E-state index contributed by atoms with van der Waals surface area (Å²) in [6, 6.07) is 11.0. The number of piperazine rings is 1. The van der Waals surface area contributed by atoms with Crippen LogP contribution in [0.25, 0.3) is 11.1 Å². The summed E-state index contributed by atoms with van der Waals surface area (Å²) in [6.07, 6.45) is 3.14. The summed E-state index contributed by atoms with van der Waals surface area (Å²) >= 11 is 0. The zero-order valence-electron chi connectivity index (χ0n) is 17.8. The van der Waals surface area contributed by atoms with Crippen LogP contribution in [-0.2, 0) is 6.54 Å². The van der Waals surface area contributed by atoms with Gasteiger partial charge < -0.3 is 19.8 Å². The number of hydrogen-bond donors (Lipinski definition) is 2. The number of aromatic carboxylic acids is 1. The molecule has 0 spiro atoms. The molecule has 32 heavy (non-hydrogen) atoms. The Morgan fingerprint density at radius 1 is 1.03 bits per heavy atom. The lowest BCUT2D eigenvalue weighted by atomic mass is 10.0. The molecule has 0 radical (unpaired) electrons. The Morgan fingerprint density at radius 3 is 2.50 bits per heavy atom. The average Bonchev–Trinajstić information content (AvgIpc) is 2.80. The minimum Gasteiger partial charge on any atom is -0.506 e. The molecule has 0 atom stereocenters. The van der Waals surface area contributed by atoms with E-state index in [0.29, 0.717) is 12.4 Å². The molecule has 1 fully saturated rings. The van der Waals surface area contributed by atoms with Gasteiger partial charge >= 0.3 is 5.97 Å². The number of nitrogens with zero attached hydrogens (tertiary/aromatic N) is 5. The number of carboxylic acid groups (broad SMARTS) is 1. The van der Waals surface area contributed by atoms with Crippen molar-refractivity contribution in [2.24, 2.45) is 0 Å². The highest BCUT2D eigenvalue weighted by molar-refractivity contribution is 5.85. The zero-order chi connectivity index (χ0) is 22.5. The number of ether oxygens (including phenoxy) is 1. The fourth-order valence-electron chi connectivity index (χ4n) is 3.76. The second-order valence-electron chi connectivity index (χ2n) is 7.58. The smallest absolute Gasteiger partial charge is 0.356 e. The van der Waals surface area contributed by atoms with Gasteiger partial charge in [-0.25, -0.2) is 4.79 Å². The van der Waals surface area contributed by atoms with Gasteiger partial charge in [0.1, 0.15) is 11.5 Å². The van der Waals surface area contributed by atoms with E-state index in [4.69, 9.17) is 9.84 Å². The van der Waals surface area contributed by atoms with Crippen molar-refractivity contribution in [1.29, 1.82) is 0 Å². The molecule has 1 saturated heterocycles. The molecule has 2 aromatic heterocycles. The highest BCUT2D eigenvalue weighted by Gasteiger charge is 2.19. The van der Waals surface area contributed by atoms with Gasteiger partial charge in [0.05, 0.1) is 12.8 Å². The number of carboxylic acids is 1. The maximum atomic E-state index is 11.0. The van der Waals surface area contributed by atoms with Gasteiger partial charge in [-0.1, -0.05) is 0 Å². The minimum atomic E-state index is -1.08. The van der Waals surface area contributed by atoms with Crippen molar-refractivity contribution in [3.63, 3.8) is 0 Å². The van der Waals surface area contributed by atoms with Gasteiger partial charge in [-0.05, 0) is 54.4 Å². The molecule has 1 aliphatic heterocycles. The van der Waals surface area contributed by atoms with Crippen LogP contribution in [0.15, 0.2) is 48.8 Å². The second kappa shape index (κ2) is 9.61. The molecule has 166 valence electrons. The van der Waals surface area contributed by atoms with E-state index in [1.807, 2.05) is 19.1 Å². The van der Waals surface area contributed by atoms with Crippen molar-refractivity contribution in [2.75, 3.05) is 37.7 Å². The first-order chi connectivity index (χ1) is 15.5. The lowest BCUT2D eigenvalue weighted by molar-refractivity contribution is 0.0689. The van der Waals surface area contributed by atoms with Gasteiger partial charge in [0.25, 0.3) is 0 Å². The van der Waals surface area contributed by atoms with Gasteiger partial charge in [0.15, 0.2) is 11.5 Å². The maximum absolute atomic E-state index is 11.0. The molecule has 4 rings (SSSR count).